The lowest BCUT2D eigenvalue weighted by Crippen LogP contribution is -2.32. The van der Waals surface area contributed by atoms with Gasteiger partial charge in [-0.3, -0.25) is 4.68 Å². The van der Waals surface area contributed by atoms with Gasteiger partial charge in [-0.1, -0.05) is 32.6 Å². The van der Waals surface area contributed by atoms with Crippen LogP contribution < -0.4 is 5.73 Å². The lowest BCUT2D eigenvalue weighted by Gasteiger charge is -2.21. The highest BCUT2D eigenvalue weighted by Crippen LogP contribution is 2.26. The minimum atomic E-state index is 0.290. The van der Waals surface area contributed by atoms with Gasteiger partial charge in [-0.05, 0) is 38.2 Å². The number of aromatic nitrogens is 2. The first-order valence-corrected chi connectivity index (χ1v) is 8.00. The fourth-order valence-corrected chi connectivity index (χ4v) is 3.07. The fraction of sp³-hybridized carbons (Fsp3) is 0.812. The van der Waals surface area contributed by atoms with E-state index in [1.807, 2.05) is 0 Å². The molecule has 1 saturated carbocycles. The second-order valence-electron chi connectivity index (χ2n) is 6.16. The largest absolute Gasteiger partial charge is 0.327 e. The van der Waals surface area contributed by atoms with E-state index in [1.54, 1.807) is 0 Å². The Morgan fingerprint density at radius 1 is 1.32 bits per heavy atom. The normalized spacial score (nSPS) is 21.0. The van der Waals surface area contributed by atoms with Crippen molar-refractivity contribution in [3.63, 3.8) is 0 Å². The standard InChI is InChI=1S/C16H29N3/c1-3-13(2)19-11-10-15(18-19)12-16(17)14-8-6-4-5-7-9-14/h10-11,13-14,16H,3-9,12,17H2,1-2H3. The predicted molar refractivity (Wildman–Crippen MR) is 80.1 cm³/mol. The van der Waals surface area contributed by atoms with Crippen LogP contribution in [-0.2, 0) is 6.42 Å². The van der Waals surface area contributed by atoms with Crippen molar-refractivity contribution >= 4 is 0 Å². The van der Waals surface area contributed by atoms with Gasteiger partial charge >= 0.3 is 0 Å². The number of nitrogens with two attached hydrogens (primary N) is 1. The van der Waals surface area contributed by atoms with Crippen molar-refractivity contribution in [3.05, 3.63) is 18.0 Å². The van der Waals surface area contributed by atoms with E-state index >= 15 is 0 Å². The molecule has 0 bridgehead atoms. The van der Waals surface area contributed by atoms with Gasteiger partial charge < -0.3 is 5.73 Å². The zero-order valence-electron chi connectivity index (χ0n) is 12.5. The Balaban J connectivity index is 1.90. The number of rotatable bonds is 5. The Morgan fingerprint density at radius 3 is 2.63 bits per heavy atom. The van der Waals surface area contributed by atoms with Gasteiger partial charge in [0.2, 0.25) is 0 Å². The number of hydrogen-bond donors (Lipinski definition) is 1. The molecule has 0 aromatic carbocycles. The minimum Gasteiger partial charge on any atom is -0.327 e. The summed E-state index contributed by atoms with van der Waals surface area (Å²) in [7, 11) is 0. The van der Waals surface area contributed by atoms with E-state index in [0.717, 1.165) is 18.5 Å². The Labute approximate surface area is 117 Å². The van der Waals surface area contributed by atoms with E-state index in [4.69, 9.17) is 5.73 Å². The summed E-state index contributed by atoms with van der Waals surface area (Å²) in [4.78, 5) is 0. The third-order valence-electron chi connectivity index (χ3n) is 4.66. The van der Waals surface area contributed by atoms with Crippen LogP contribution in [0.3, 0.4) is 0 Å². The van der Waals surface area contributed by atoms with E-state index < -0.39 is 0 Å². The molecule has 1 aliphatic rings. The van der Waals surface area contributed by atoms with Crippen LogP contribution in [-0.4, -0.2) is 15.8 Å². The first kappa shape index (κ1) is 14.6. The molecule has 0 saturated heterocycles. The summed E-state index contributed by atoms with van der Waals surface area (Å²) in [5.41, 5.74) is 7.58. The summed E-state index contributed by atoms with van der Waals surface area (Å²) >= 11 is 0. The van der Waals surface area contributed by atoms with Crippen LogP contribution in [0.5, 0.6) is 0 Å². The van der Waals surface area contributed by atoms with Gasteiger partial charge in [0, 0.05) is 24.7 Å². The SMILES string of the molecule is CCC(C)n1ccc(CC(N)C2CCCCCC2)n1. The van der Waals surface area contributed by atoms with Gasteiger partial charge in [0.05, 0.1) is 5.69 Å². The molecule has 1 heterocycles. The fourth-order valence-electron chi connectivity index (χ4n) is 3.07. The predicted octanol–water partition coefficient (Wildman–Crippen LogP) is 3.69. The smallest absolute Gasteiger partial charge is 0.0640 e. The monoisotopic (exact) mass is 263 g/mol. The summed E-state index contributed by atoms with van der Waals surface area (Å²) in [6, 6.07) is 2.92. The average Bonchev–Trinajstić information content (AvgIpc) is 2.71. The second-order valence-corrected chi connectivity index (χ2v) is 6.16. The third kappa shape index (κ3) is 4.07. The minimum absolute atomic E-state index is 0.290. The lowest BCUT2D eigenvalue weighted by atomic mass is 9.90. The van der Waals surface area contributed by atoms with Crippen LogP contribution in [0, 0.1) is 5.92 Å². The van der Waals surface area contributed by atoms with Gasteiger partial charge in [0.1, 0.15) is 0 Å². The quantitative estimate of drug-likeness (QED) is 0.823. The molecule has 0 aliphatic heterocycles. The zero-order valence-corrected chi connectivity index (χ0v) is 12.5. The molecule has 0 amide bonds. The summed E-state index contributed by atoms with van der Waals surface area (Å²) in [5.74, 6) is 0.705. The summed E-state index contributed by atoms with van der Waals surface area (Å²) in [5, 5.41) is 4.68. The van der Waals surface area contributed by atoms with Crippen molar-refractivity contribution in [2.45, 2.75) is 77.3 Å². The van der Waals surface area contributed by atoms with Gasteiger partial charge in [0.25, 0.3) is 0 Å². The van der Waals surface area contributed by atoms with Crippen LogP contribution in [0.25, 0.3) is 0 Å². The molecule has 2 atom stereocenters. The topological polar surface area (TPSA) is 43.8 Å². The van der Waals surface area contributed by atoms with Crippen molar-refractivity contribution in [3.8, 4) is 0 Å². The van der Waals surface area contributed by atoms with E-state index in [0.29, 0.717) is 18.0 Å². The molecule has 2 N–H and O–H groups in total. The van der Waals surface area contributed by atoms with Crippen molar-refractivity contribution in [1.82, 2.24) is 9.78 Å². The summed E-state index contributed by atoms with van der Waals surface area (Å²) < 4.78 is 2.08. The van der Waals surface area contributed by atoms with Gasteiger partial charge in [-0.2, -0.15) is 5.10 Å². The van der Waals surface area contributed by atoms with Crippen molar-refractivity contribution in [2.24, 2.45) is 11.7 Å². The molecular weight excluding hydrogens is 234 g/mol. The summed E-state index contributed by atoms with van der Waals surface area (Å²) in [6.07, 6.45) is 12.3. The van der Waals surface area contributed by atoms with Crippen LogP contribution in [0.15, 0.2) is 12.3 Å². The Morgan fingerprint density at radius 2 is 2.00 bits per heavy atom. The molecule has 1 aliphatic carbocycles. The number of nitrogens with zero attached hydrogens (tertiary/aromatic N) is 2. The second kappa shape index (κ2) is 7.09. The third-order valence-corrected chi connectivity index (χ3v) is 4.66. The summed E-state index contributed by atoms with van der Waals surface area (Å²) in [6.45, 7) is 4.41. The number of hydrogen-bond acceptors (Lipinski definition) is 2. The van der Waals surface area contributed by atoms with Crippen molar-refractivity contribution in [2.75, 3.05) is 0 Å². The first-order chi connectivity index (χ1) is 9.20. The highest BCUT2D eigenvalue weighted by atomic mass is 15.3. The van der Waals surface area contributed by atoms with Crippen LogP contribution >= 0.6 is 0 Å². The molecule has 1 aromatic rings. The molecule has 2 unspecified atom stereocenters. The molecule has 1 aromatic heterocycles. The molecule has 1 fully saturated rings. The van der Waals surface area contributed by atoms with Crippen molar-refractivity contribution < 1.29 is 0 Å². The lowest BCUT2D eigenvalue weighted by molar-refractivity contribution is 0.368. The Hall–Kier alpha value is -0.830. The van der Waals surface area contributed by atoms with Gasteiger partial charge in [0.15, 0.2) is 0 Å². The van der Waals surface area contributed by atoms with Gasteiger partial charge in [-0.15, -0.1) is 0 Å². The van der Waals surface area contributed by atoms with E-state index in [1.165, 1.54) is 38.5 Å². The van der Waals surface area contributed by atoms with Crippen LogP contribution in [0.2, 0.25) is 0 Å². The van der Waals surface area contributed by atoms with Crippen molar-refractivity contribution in [1.29, 1.82) is 0 Å². The van der Waals surface area contributed by atoms with Crippen LogP contribution in [0.1, 0.15) is 70.5 Å². The molecule has 0 spiro atoms. The molecule has 3 heteroatoms. The average molecular weight is 263 g/mol. The highest BCUT2D eigenvalue weighted by molar-refractivity contribution is 5.02. The van der Waals surface area contributed by atoms with Crippen LogP contribution in [0.4, 0.5) is 0 Å². The molecule has 19 heavy (non-hydrogen) atoms. The molecular formula is C16H29N3. The molecule has 0 radical (unpaired) electrons. The maximum absolute atomic E-state index is 6.42. The molecule has 2 rings (SSSR count). The molecule has 3 nitrogen and oxygen atoms in total. The first-order valence-electron chi connectivity index (χ1n) is 8.00. The molecule has 108 valence electrons. The highest BCUT2D eigenvalue weighted by Gasteiger charge is 2.20. The zero-order chi connectivity index (χ0) is 13.7. The Bertz CT molecular complexity index is 364. The van der Waals surface area contributed by atoms with Gasteiger partial charge in [-0.25, -0.2) is 0 Å². The maximum Gasteiger partial charge on any atom is 0.0640 e. The van der Waals surface area contributed by atoms with E-state index in [9.17, 15) is 0 Å². The Kier molecular flexibility index (Phi) is 5.44. The van der Waals surface area contributed by atoms with E-state index in [2.05, 4.69) is 35.9 Å². The maximum atomic E-state index is 6.42. The van der Waals surface area contributed by atoms with E-state index in [-0.39, 0.29) is 0 Å².